The number of hydrogen-bond acceptors (Lipinski definition) is 3. The van der Waals surface area contributed by atoms with E-state index < -0.39 is 0 Å². The number of piperidine rings is 1. The van der Waals surface area contributed by atoms with Crippen LogP contribution >= 0.6 is 0 Å². The lowest BCUT2D eigenvalue weighted by atomic mass is 9.68. The molecular weight excluding hydrogens is 286 g/mol. The Balaban J connectivity index is 1.42. The Morgan fingerprint density at radius 2 is 1.78 bits per heavy atom. The molecule has 3 aliphatic rings. The van der Waals surface area contributed by atoms with Gasteiger partial charge in [0.05, 0.1) is 12.7 Å². The molecule has 1 unspecified atom stereocenters. The highest BCUT2D eigenvalue weighted by Gasteiger charge is 2.46. The fourth-order valence-electron chi connectivity index (χ4n) is 4.66. The second-order valence-corrected chi connectivity index (χ2v) is 8.77. The molecule has 2 aliphatic heterocycles. The molecule has 0 bridgehead atoms. The van der Waals surface area contributed by atoms with E-state index in [1.54, 1.807) is 0 Å². The molecule has 0 aromatic heterocycles. The highest BCUT2D eigenvalue weighted by molar-refractivity contribution is 4.89. The minimum Gasteiger partial charge on any atom is -0.347 e. The minimum absolute atomic E-state index is 0.229. The maximum Gasteiger partial charge on any atom is 0.168 e. The molecule has 0 N–H and O–H groups in total. The molecule has 1 spiro atoms. The van der Waals surface area contributed by atoms with Gasteiger partial charge in [0.15, 0.2) is 5.79 Å². The summed E-state index contributed by atoms with van der Waals surface area (Å²) < 4.78 is 12.6. The molecule has 2 saturated heterocycles. The largest absolute Gasteiger partial charge is 0.347 e. The Bertz CT molecular complexity index is 368. The van der Waals surface area contributed by atoms with Crippen LogP contribution in [0.15, 0.2) is 0 Å². The molecule has 0 aromatic rings. The van der Waals surface area contributed by atoms with E-state index in [2.05, 4.69) is 25.7 Å². The number of hydrogen-bond donors (Lipinski definition) is 0. The van der Waals surface area contributed by atoms with Crippen molar-refractivity contribution in [1.82, 2.24) is 4.90 Å². The van der Waals surface area contributed by atoms with E-state index in [1.165, 1.54) is 58.2 Å². The Kier molecular flexibility index (Phi) is 5.70. The second kappa shape index (κ2) is 7.41. The summed E-state index contributed by atoms with van der Waals surface area (Å²) in [7, 11) is 0. The Labute approximate surface area is 143 Å². The zero-order valence-corrected chi connectivity index (χ0v) is 15.6. The summed E-state index contributed by atoms with van der Waals surface area (Å²) >= 11 is 0. The van der Waals surface area contributed by atoms with Crippen molar-refractivity contribution in [2.24, 2.45) is 11.3 Å². The predicted octanol–water partition coefficient (Wildman–Crippen LogP) is 4.60. The van der Waals surface area contributed by atoms with Gasteiger partial charge in [0.25, 0.3) is 0 Å². The van der Waals surface area contributed by atoms with E-state index in [9.17, 15) is 0 Å². The van der Waals surface area contributed by atoms with E-state index >= 15 is 0 Å². The average molecular weight is 324 g/mol. The number of ether oxygens (including phenoxy) is 2. The van der Waals surface area contributed by atoms with Gasteiger partial charge in [-0.05, 0) is 56.5 Å². The third-order valence-corrected chi connectivity index (χ3v) is 6.89. The van der Waals surface area contributed by atoms with Crippen molar-refractivity contribution in [1.29, 1.82) is 0 Å². The predicted molar refractivity (Wildman–Crippen MR) is 94.5 cm³/mol. The van der Waals surface area contributed by atoms with Crippen LogP contribution < -0.4 is 0 Å². The van der Waals surface area contributed by atoms with Crippen LogP contribution in [0.5, 0.6) is 0 Å². The molecule has 134 valence electrons. The third kappa shape index (κ3) is 4.29. The number of likely N-dealkylation sites (tertiary alicyclic amines) is 1. The Morgan fingerprint density at radius 3 is 2.43 bits per heavy atom. The normalized spacial score (nSPS) is 36.7. The lowest BCUT2D eigenvalue weighted by Gasteiger charge is -2.42. The van der Waals surface area contributed by atoms with Gasteiger partial charge in [-0.1, -0.05) is 33.6 Å². The average Bonchev–Trinajstić information content (AvgIpc) is 2.97. The molecule has 1 aliphatic carbocycles. The summed E-state index contributed by atoms with van der Waals surface area (Å²) in [6.07, 6.45) is 11.6. The summed E-state index contributed by atoms with van der Waals surface area (Å²) in [4.78, 5) is 2.61. The summed E-state index contributed by atoms with van der Waals surface area (Å²) in [5, 5.41) is 0. The molecule has 3 nitrogen and oxygen atoms in total. The van der Waals surface area contributed by atoms with Gasteiger partial charge < -0.3 is 14.4 Å². The van der Waals surface area contributed by atoms with E-state index in [0.717, 1.165) is 31.8 Å². The maximum absolute atomic E-state index is 6.43. The van der Waals surface area contributed by atoms with Crippen LogP contribution in [0.4, 0.5) is 0 Å². The van der Waals surface area contributed by atoms with Crippen molar-refractivity contribution in [2.45, 2.75) is 90.4 Å². The SMILES string of the molecule is CCC(C)(C)C1CCC2(CC1)OCC(CCN1CCCCC1)O2. The fraction of sp³-hybridized carbons (Fsp3) is 1.00. The Morgan fingerprint density at radius 1 is 1.09 bits per heavy atom. The molecule has 0 radical (unpaired) electrons. The van der Waals surface area contributed by atoms with Gasteiger partial charge in [0.1, 0.15) is 0 Å². The van der Waals surface area contributed by atoms with Crippen molar-refractivity contribution in [3.8, 4) is 0 Å². The molecule has 23 heavy (non-hydrogen) atoms. The second-order valence-electron chi connectivity index (χ2n) is 8.77. The smallest absolute Gasteiger partial charge is 0.168 e. The molecule has 3 heteroatoms. The monoisotopic (exact) mass is 323 g/mol. The van der Waals surface area contributed by atoms with Gasteiger partial charge in [-0.15, -0.1) is 0 Å². The maximum atomic E-state index is 6.43. The van der Waals surface area contributed by atoms with Crippen LogP contribution in [0.1, 0.15) is 78.6 Å². The first-order chi connectivity index (χ1) is 11.0. The lowest BCUT2D eigenvalue weighted by molar-refractivity contribution is -0.197. The summed E-state index contributed by atoms with van der Waals surface area (Å²) in [5.74, 6) is 0.602. The van der Waals surface area contributed by atoms with Crippen LogP contribution in [-0.2, 0) is 9.47 Å². The number of rotatable bonds is 5. The molecule has 1 atom stereocenters. The van der Waals surface area contributed by atoms with Gasteiger partial charge in [0.2, 0.25) is 0 Å². The topological polar surface area (TPSA) is 21.7 Å². The molecule has 3 rings (SSSR count). The molecule has 2 heterocycles. The third-order valence-electron chi connectivity index (χ3n) is 6.89. The number of nitrogens with zero attached hydrogens (tertiary/aromatic N) is 1. The highest BCUT2D eigenvalue weighted by Crippen LogP contribution is 2.47. The van der Waals surface area contributed by atoms with Crippen LogP contribution in [0, 0.1) is 11.3 Å². The van der Waals surface area contributed by atoms with Gasteiger partial charge >= 0.3 is 0 Å². The van der Waals surface area contributed by atoms with Crippen LogP contribution in [0.2, 0.25) is 0 Å². The van der Waals surface area contributed by atoms with Gasteiger partial charge in [0, 0.05) is 19.4 Å². The van der Waals surface area contributed by atoms with Gasteiger partial charge in [-0.25, -0.2) is 0 Å². The standard InChI is InChI=1S/C20H37NO2/c1-4-19(2,3)17-8-11-20(12-9-17)22-16-18(23-20)10-15-21-13-6-5-7-14-21/h17-18H,4-16H2,1-3H3. The van der Waals surface area contributed by atoms with Crippen molar-refractivity contribution in [2.75, 3.05) is 26.2 Å². The van der Waals surface area contributed by atoms with E-state index in [-0.39, 0.29) is 5.79 Å². The minimum atomic E-state index is -0.229. The molecule has 0 amide bonds. The molecule has 3 fully saturated rings. The summed E-state index contributed by atoms with van der Waals surface area (Å²) in [5.41, 5.74) is 0.466. The Hall–Kier alpha value is -0.120. The molecule has 1 saturated carbocycles. The molecule has 0 aromatic carbocycles. The van der Waals surface area contributed by atoms with Gasteiger partial charge in [-0.3, -0.25) is 0 Å². The quantitative estimate of drug-likeness (QED) is 0.738. The first kappa shape index (κ1) is 17.7. The zero-order valence-electron chi connectivity index (χ0n) is 15.6. The lowest BCUT2D eigenvalue weighted by Crippen LogP contribution is -2.39. The summed E-state index contributed by atoms with van der Waals surface area (Å²) in [6, 6.07) is 0. The summed E-state index contributed by atoms with van der Waals surface area (Å²) in [6.45, 7) is 11.7. The van der Waals surface area contributed by atoms with Crippen LogP contribution in [0.3, 0.4) is 0 Å². The van der Waals surface area contributed by atoms with E-state index in [1.807, 2.05) is 0 Å². The van der Waals surface area contributed by atoms with Crippen LogP contribution in [0.25, 0.3) is 0 Å². The van der Waals surface area contributed by atoms with E-state index in [4.69, 9.17) is 9.47 Å². The first-order valence-corrected chi connectivity index (χ1v) is 10.1. The van der Waals surface area contributed by atoms with Crippen molar-refractivity contribution >= 4 is 0 Å². The van der Waals surface area contributed by atoms with Crippen molar-refractivity contribution in [3.63, 3.8) is 0 Å². The van der Waals surface area contributed by atoms with Crippen molar-refractivity contribution < 1.29 is 9.47 Å². The van der Waals surface area contributed by atoms with Gasteiger partial charge in [-0.2, -0.15) is 0 Å². The highest BCUT2D eigenvalue weighted by atomic mass is 16.7. The van der Waals surface area contributed by atoms with E-state index in [0.29, 0.717) is 11.5 Å². The zero-order chi connectivity index (χ0) is 16.3. The fourth-order valence-corrected chi connectivity index (χ4v) is 4.66. The first-order valence-electron chi connectivity index (χ1n) is 10.1. The van der Waals surface area contributed by atoms with Crippen LogP contribution in [-0.4, -0.2) is 43.0 Å². The van der Waals surface area contributed by atoms with Crippen molar-refractivity contribution in [3.05, 3.63) is 0 Å². The molecular formula is C20H37NO2.